The Bertz CT molecular complexity index is 413. The summed E-state index contributed by atoms with van der Waals surface area (Å²) in [4.78, 5) is 0. The maximum atomic E-state index is 13.4. The molecule has 0 spiro atoms. The van der Waals surface area contributed by atoms with Crippen LogP contribution in [0.15, 0.2) is 18.2 Å². The molecule has 0 bridgehead atoms. The number of aliphatic hydroxyl groups is 2. The summed E-state index contributed by atoms with van der Waals surface area (Å²) in [6.07, 6.45) is 0. The summed E-state index contributed by atoms with van der Waals surface area (Å²) in [6, 6.07) is 5.82. The van der Waals surface area contributed by atoms with E-state index in [2.05, 4.69) is 5.32 Å². The average Bonchev–Trinajstić information content (AvgIpc) is 2.27. The van der Waals surface area contributed by atoms with Gasteiger partial charge in [0.25, 0.3) is 0 Å². The third kappa shape index (κ3) is 3.19. The second-order valence-corrected chi connectivity index (χ2v) is 3.82. The summed E-state index contributed by atoms with van der Waals surface area (Å²) in [5.41, 5.74) is -0.884. The van der Waals surface area contributed by atoms with Crippen LogP contribution in [0, 0.1) is 17.1 Å². The van der Waals surface area contributed by atoms with Crippen LogP contribution in [0.5, 0.6) is 0 Å². The molecule has 0 aliphatic rings. The van der Waals surface area contributed by atoms with Crippen LogP contribution in [0.1, 0.15) is 12.5 Å². The average molecular weight is 224 g/mol. The van der Waals surface area contributed by atoms with E-state index in [-0.39, 0.29) is 17.8 Å². The Morgan fingerprint density at radius 2 is 2.25 bits per heavy atom. The maximum absolute atomic E-state index is 13.4. The van der Waals surface area contributed by atoms with E-state index in [1.54, 1.807) is 0 Å². The largest absolute Gasteiger partial charge is 0.393 e. The number of halogens is 1. The van der Waals surface area contributed by atoms with Crippen molar-refractivity contribution in [3.8, 4) is 6.07 Å². The number of nitrogens with one attached hydrogen (secondary N) is 1. The number of anilines is 1. The number of nitriles is 1. The standard InChI is InChI=1S/C11H13FN2O2/c1-11(16,7-15)6-14-10-3-2-8(5-13)4-9(10)12/h2-4,14-16H,6-7H2,1H3. The number of hydrogen-bond donors (Lipinski definition) is 3. The predicted octanol–water partition coefficient (Wildman–Crippen LogP) is 0.853. The normalized spacial score (nSPS) is 13.9. The molecule has 0 fully saturated rings. The molecule has 0 heterocycles. The molecule has 0 amide bonds. The van der Waals surface area contributed by atoms with Gasteiger partial charge in [0.15, 0.2) is 0 Å². The lowest BCUT2D eigenvalue weighted by atomic mass is 10.1. The maximum Gasteiger partial charge on any atom is 0.147 e. The van der Waals surface area contributed by atoms with Crippen LogP contribution in [0.4, 0.5) is 10.1 Å². The fourth-order valence-corrected chi connectivity index (χ4v) is 1.07. The molecule has 5 heteroatoms. The quantitative estimate of drug-likeness (QED) is 0.708. The summed E-state index contributed by atoms with van der Waals surface area (Å²) >= 11 is 0. The molecule has 0 aromatic heterocycles. The Labute approximate surface area is 93.0 Å². The SMILES string of the molecule is CC(O)(CO)CNc1ccc(C#N)cc1F. The van der Waals surface area contributed by atoms with Crippen LogP contribution in [0.25, 0.3) is 0 Å². The number of rotatable bonds is 4. The molecule has 0 saturated carbocycles. The molecule has 3 N–H and O–H groups in total. The minimum Gasteiger partial charge on any atom is -0.393 e. The molecule has 0 saturated heterocycles. The molecule has 1 aromatic rings. The van der Waals surface area contributed by atoms with Crippen LogP contribution < -0.4 is 5.32 Å². The van der Waals surface area contributed by atoms with Gasteiger partial charge >= 0.3 is 0 Å². The number of aliphatic hydroxyl groups excluding tert-OH is 1. The fraction of sp³-hybridized carbons (Fsp3) is 0.364. The van der Waals surface area contributed by atoms with Gasteiger partial charge in [0.1, 0.15) is 11.4 Å². The molecule has 1 rings (SSSR count). The molecule has 1 unspecified atom stereocenters. The molecule has 0 radical (unpaired) electrons. The molecule has 4 nitrogen and oxygen atoms in total. The lowest BCUT2D eigenvalue weighted by Gasteiger charge is -2.21. The molecule has 1 aromatic carbocycles. The highest BCUT2D eigenvalue weighted by Gasteiger charge is 2.18. The Hall–Kier alpha value is -1.64. The predicted molar refractivity (Wildman–Crippen MR) is 57.3 cm³/mol. The molecular weight excluding hydrogens is 211 g/mol. The number of nitrogens with zero attached hydrogens (tertiary/aromatic N) is 1. The lowest BCUT2D eigenvalue weighted by molar-refractivity contribution is 0.0132. The first-order valence-electron chi connectivity index (χ1n) is 4.75. The van der Waals surface area contributed by atoms with Crippen molar-refractivity contribution in [3.05, 3.63) is 29.6 Å². The molecule has 1 atom stereocenters. The zero-order valence-electron chi connectivity index (χ0n) is 8.87. The van der Waals surface area contributed by atoms with Crippen molar-refractivity contribution in [1.82, 2.24) is 0 Å². The zero-order chi connectivity index (χ0) is 12.2. The van der Waals surface area contributed by atoms with Crippen LogP contribution in [0.2, 0.25) is 0 Å². The smallest absolute Gasteiger partial charge is 0.147 e. The van der Waals surface area contributed by atoms with Crippen molar-refractivity contribution < 1.29 is 14.6 Å². The topological polar surface area (TPSA) is 76.3 Å². The zero-order valence-corrected chi connectivity index (χ0v) is 8.87. The van der Waals surface area contributed by atoms with Gasteiger partial charge in [0.05, 0.1) is 23.9 Å². The number of hydrogen-bond acceptors (Lipinski definition) is 4. The van der Waals surface area contributed by atoms with Crippen LogP contribution in [0.3, 0.4) is 0 Å². The van der Waals surface area contributed by atoms with Crippen LogP contribution >= 0.6 is 0 Å². The van der Waals surface area contributed by atoms with Crippen LogP contribution in [-0.4, -0.2) is 29.0 Å². The van der Waals surface area contributed by atoms with Crippen molar-refractivity contribution in [2.75, 3.05) is 18.5 Å². The summed E-state index contributed by atoms with van der Waals surface area (Å²) in [5, 5.41) is 29.5. The lowest BCUT2D eigenvalue weighted by Crippen LogP contribution is -2.37. The van der Waals surface area contributed by atoms with Gasteiger partial charge in [-0.15, -0.1) is 0 Å². The highest BCUT2D eigenvalue weighted by Crippen LogP contribution is 2.16. The Morgan fingerprint density at radius 3 is 2.75 bits per heavy atom. The summed E-state index contributed by atoms with van der Waals surface area (Å²) in [6.45, 7) is 1.03. The summed E-state index contributed by atoms with van der Waals surface area (Å²) in [5.74, 6) is -0.562. The summed E-state index contributed by atoms with van der Waals surface area (Å²) < 4.78 is 13.4. The second-order valence-electron chi connectivity index (χ2n) is 3.82. The van der Waals surface area contributed by atoms with E-state index in [1.807, 2.05) is 6.07 Å². The van der Waals surface area contributed by atoms with Gasteiger partial charge < -0.3 is 15.5 Å². The van der Waals surface area contributed by atoms with E-state index >= 15 is 0 Å². The minimum absolute atomic E-state index is 0.0202. The fourth-order valence-electron chi connectivity index (χ4n) is 1.07. The van der Waals surface area contributed by atoms with E-state index in [0.717, 1.165) is 6.07 Å². The molecular formula is C11H13FN2O2. The van der Waals surface area contributed by atoms with Gasteiger partial charge in [-0.1, -0.05) is 0 Å². The first-order valence-corrected chi connectivity index (χ1v) is 4.75. The third-order valence-corrected chi connectivity index (χ3v) is 2.10. The highest BCUT2D eigenvalue weighted by atomic mass is 19.1. The monoisotopic (exact) mass is 224 g/mol. The van der Waals surface area contributed by atoms with Gasteiger partial charge in [-0.3, -0.25) is 0 Å². The molecule has 0 aliphatic heterocycles. The first-order chi connectivity index (χ1) is 7.48. The van der Waals surface area contributed by atoms with Crippen LogP contribution in [-0.2, 0) is 0 Å². The molecule has 86 valence electrons. The van der Waals surface area contributed by atoms with E-state index in [0.29, 0.717) is 0 Å². The summed E-state index contributed by atoms with van der Waals surface area (Å²) in [7, 11) is 0. The van der Waals surface area contributed by atoms with E-state index < -0.39 is 18.0 Å². The highest BCUT2D eigenvalue weighted by molar-refractivity contribution is 5.48. The van der Waals surface area contributed by atoms with Crippen molar-refractivity contribution >= 4 is 5.69 Å². The number of benzene rings is 1. The molecule has 16 heavy (non-hydrogen) atoms. The van der Waals surface area contributed by atoms with E-state index in [9.17, 15) is 9.50 Å². The Kier molecular flexibility index (Phi) is 3.82. The minimum atomic E-state index is -1.31. The molecule has 0 aliphatic carbocycles. The van der Waals surface area contributed by atoms with Crippen molar-refractivity contribution in [1.29, 1.82) is 5.26 Å². The van der Waals surface area contributed by atoms with Gasteiger partial charge in [0.2, 0.25) is 0 Å². The van der Waals surface area contributed by atoms with Gasteiger partial charge in [0, 0.05) is 6.54 Å². The Balaban J connectivity index is 2.73. The second kappa shape index (κ2) is 4.92. The van der Waals surface area contributed by atoms with Crippen molar-refractivity contribution in [3.63, 3.8) is 0 Å². The van der Waals surface area contributed by atoms with Gasteiger partial charge in [-0.25, -0.2) is 4.39 Å². The van der Waals surface area contributed by atoms with Gasteiger partial charge in [-0.05, 0) is 25.1 Å². The first kappa shape index (κ1) is 12.4. The Morgan fingerprint density at radius 1 is 1.56 bits per heavy atom. The van der Waals surface area contributed by atoms with Gasteiger partial charge in [-0.2, -0.15) is 5.26 Å². The van der Waals surface area contributed by atoms with E-state index in [4.69, 9.17) is 10.4 Å². The van der Waals surface area contributed by atoms with Crippen molar-refractivity contribution in [2.24, 2.45) is 0 Å². The van der Waals surface area contributed by atoms with Crippen molar-refractivity contribution in [2.45, 2.75) is 12.5 Å². The van der Waals surface area contributed by atoms with E-state index in [1.165, 1.54) is 19.1 Å². The third-order valence-electron chi connectivity index (χ3n) is 2.10.